The van der Waals surface area contributed by atoms with Crippen LogP contribution in [0.5, 0.6) is 0 Å². The molecule has 2 amide bonds. The van der Waals surface area contributed by atoms with Gasteiger partial charge in [-0.3, -0.25) is 0 Å². The van der Waals surface area contributed by atoms with E-state index in [1.807, 2.05) is 46.0 Å². The van der Waals surface area contributed by atoms with Crippen molar-refractivity contribution < 1.29 is 4.79 Å². The predicted octanol–water partition coefficient (Wildman–Crippen LogP) is 2.67. The van der Waals surface area contributed by atoms with Crippen LogP contribution in [-0.2, 0) is 6.42 Å². The van der Waals surface area contributed by atoms with Gasteiger partial charge in [0.25, 0.3) is 0 Å². The summed E-state index contributed by atoms with van der Waals surface area (Å²) in [6.45, 7) is 6.67. The van der Waals surface area contributed by atoms with Crippen molar-refractivity contribution in [1.82, 2.24) is 10.2 Å². The van der Waals surface area contributed by atoms with E-state index in [1.165, 1.54) is 5.56 Å². The number of likely N-dealkylation sites (N-methyl/N-ethyl adjacent to an activating group) is 1. The molecule has 0 atom stereocenters. The quantitative estimate of drug-likeness (QED) is 0.856. The van der Waals surface area contributed by atoms with Crippen LogP contribution in [0.25, 0.3) is 0 Å². The molecular weight excluding hydrogens is 212 g/mol. The lowest BCUT2D eigenvalue weighted by Crippen LogP contribution is -2.47. The molecule has 0 saturated carbocycles. The molecule has 0 aliphatic rings. The lowest BCUT2D eigenvalue weighted by molar-refractivity contribution is 0.200. The monoisotopic (exact) mass is 234 g/mol. The molecule has 1 aromatic carbocycles. The fourth-order valence-corrected chi connectivity index (χ4v) is 1.46. The van der Waals surface area contributed by atoms with E-state index < -0.39 is 0 Å². The third-order valence-electron chi connectivity index (χ3n) is 2.41. The number of rotatable bonds is 3. The van der Waals surface area contributed by atoms with E-state index in [0.29, 0.717) is 0 Å². The number of carbonyl (C=O) groups is 1. The first-order valence-corrected chi connectivity index (χ1v) is 5.96. The normalized spacial score (nSPS) is 11.1. The third kappa shape index (κ3) is 5.38. The topological polar surface area (TPSA) is 32.3 Å². The average Bonchev–Trinajstić information content (AvgIpc) is 2.25. The minimum atomic E-state index is -0.182. The smallest absolute Gasteiger partial charge is 0.317 e. The summed E-state index contributed by atoms with van der Waals surface area (Å²) in [4.78, 5) is 13.5. The highest BCUT2D eigenvalue weighted by molar-refractivity contribution is 5.74. The number of hydrogen-bond acceptors (Lipinski definition) is 1. The van der Waals surface area contributed by atoms with Gasteiger partial charge in [-0.1, -0.05) is 30.3 Å². The van der Waals surface area contributed by atoms with Crippen LogP contribution in [0.3, 0.4) is 0 Å². The minimum absolute atomic E-state index is 0.0200. The number of nitrogens with zero attached hydrogens (tertiary/aromatic N) is 1. The van der Waals surface area contributed by atoms with Crippen molar-refractivity contribution >= 4 is 6.03 Å². The second-order valence-corrected chi connectivity index (χ2v) is 5.34. The highest BCUT2D eigenvalue weighted by atomic mass is 16.2. The molecule has 94 valence electrons. The van der Waals surface area contributed by atoms with Crippen LogP contribution in [0.1, 0.15) is 26.3 Å². The van der Waals surface area contributed by atoms with Crippen LogP contribution in [0.15, 0.2) is 30.3 Å². The molecular formula is C14H22N2O. The van der Waals surface area contributed by atoms with Gasteiger partial charge in [0.2, 0.25) is 0 Å². The first kappa shape index (κ1) is 13.6. The van der Waals surface area contributed by atoms with E-state index in [4.69, 9.17) is 0 Å². The summed E-state index contributed by atoms with van der Waals surface area (Å²) in [5.74, 6) is 0. The summed E-state index contributed by atoms with van der Waals surface area (Å²) in [7, 11) is 1.82. The summed E-state index contributed by atoms with van der Waals surface area (Å²) >= 11 is 0. The van der Waals surface area contributed by atoms with Gasteiger partial charge in [-0.05, 0) is 32.8 Å². The fourth-order valence-electron chi connectivity index (χ4n) is 1.46. The molecule has 0 aliphatic heterocycles. The largest absolute Gasteiger partial charge is 0.333 e. The number of hydrogen-bond donors (Lipinski definition) is 1. The van der Waals surface area contributed by atoms with E-state index in [2.05, 4.69) is 17.4 Å². The van der Waals surface area contributed by atoms with Gasteiger partial charge in [-0.2, -0.15) is 0 Å². The Morgan fingerprint density at radius 1 is 1.24 bits per heavy atom. The Hall–Kier alpha value is -1.51. The van der Waals surface area contributed by atoms with Crippen LogP contribution < -0.4 is 5.32 Å². The summed E-state index contributed by atoms with van der Waals surface area (Å²) in [6, 6.07) is 10.2. The van der Waals surface area contributed by atoms with Crippen molar-refractivity contribution in [2.24, 2.45) is 0 Å². The number of benzene rings is 1. The van der Waals surface area contributed by atoms with Crippen molar-refractivity contribution in [3.63, 3.8) is 0 Å². The molecule has 0 fully saturated rings. The average molecular weight is 234 g/mol. The molecule has 0 radical (unpaired) electrons. The second-order valence-electron chi connectivity index (χ2n) is 5.34. The standard InChI is InChI=1S/C14H22N2O/c1-14(2,3)15-13(17)16(4)11-10-12-8-6-5-7-9-12/h5-9H,10-11H2,1-4H3,(H,15,17). The fraction of sp³-hybridized carbons (Fsp3) is 0.500. The zero-order valence-electron chi connectivity index (χ0n) is 11.2. The molecule has 1 aromatic rings. The molecule has 0 unspecified atom stereocenters. The predicted molar refractivity (Wildman–Crippen MR) is 71.1 cm³/mol. The Kier molecular flexibility index (Phi) is 4.55. The molecule has 3 nitrogen and oxygen atoms in total. The van der Waals surface area contributed by atoms with Crippen LogP contribution in [0.2, 0.25) is 0 Å². The van der Waals surface area contributed by atoms with Crippen LogP contribution in [0.4, 0.5) is 4.79 Å². The number of nitrogens with one attached hydrogen (secondary N) is 1. The highest BCUT2D eigenvalue weighted by Crippen LogP contribution is 2.03. The molecule has 0 saturated heterocycles. The Bertz CT molecular complexity index is 354. The van der Waals surface area contributed by atoms with Crippen LogP contribution >= 0.6 is 0 Å². The van der Waals surface area contributed by atoms with E-state index >= 15 is 0 Å². The molecule has 0 aromatic heterocycles. The Morgan fingerprint density at radius 3 is 2.35 bits per heavy atom. The van der Waals surface area contributed by atoms with Gasteiger partial charge < -0.3 is 10.2 Å². The number of carbonyl (C=O) groups excluding carboxylic acids is 1. The number of amides is 2. The first-order chi connectivity index (χ1) is 7.88. The Labute approximate surface area is 104 Å². The molecule has 17 heavy (non-hydrogen) atoms. The van der Waals surface area contributed by atoms with Gasteiger partial charge in [-0.15, -0.1) is 0 Å². The molecule has 0 bridgehead atoms. The van der Waals surface area contributed by atoms with E-state index in [9.17, 15) is 4.79 Å². The van der Waals surface area contributed by atoms with Crippen molar-refractivity contribution in [2.75, 3.05) is 13.6 Å². The lowest BCUT2D eigenvalue weighted by atomic mass is 10.1. The molecule has 0 aliphatic carbocycles. The van der Waals surface area contributed by atoms with Gasteiger partial charge in [0.05, 0.1) is 0 Å². The third-order valence-corrected chi connectivity index (χ3v) is 2.41. The summed E-state index contributed by atoms with van der Waals surface area (Å²) in [5, 5.41) is 2.94. The van der Waals surface area contributed by atoms with E-state index in [-0.39, 0.29) is 11.6 Å². The summed E-state index contributed by atoms with van der Waals surface area (Å²) in [6.07, 6.45) is 0.884. The van der Waals surface area contributed by atoms with E-state index in [1.54, 1.807) is 4.90 Å². The second kappa shape index (κ2) is 5.71. The van der Waals surface area contributed by atoms with E-state index in [0.717, 1.165) is 13.0 Å². The molecule has 0 heterocycles. The summed E-state index contributed by atoms with van der Waals surface area (Å²) in [5.41, 5.74) is 1.07. The van der Waals surface area contributed by atoms with Crippen molar-refractivity contribution in [3.05, 3.63) is 35.9 Å². The summed E-state index contributed by atoms with van der Waals surface area (Å²) < 4.78 is 0. The minimum Gasteiger partial charge on any atom is -0.333 e. The Morgan fingerprint density at radius 2 is 1.82 bits per heavy atom. The van der Waals surface area contributed by atoms with Crippen molar-refractivity contribution in [2.45, 2.75) is 32.7 Å². The van der Waals surface area contributed by atoms with Gasteiger partial charge in [-0.25, -0.2) is 4.79 Å². The van der Waals surface area contributed by atoms with Gasteiger partial charge >= 0.3 is 6.03 Å². The maximum Gasteiger partial charge on any atom is 0.317 e. The SMILES string of the molecule is CN(CCc1ccccc1)C(=O)NC(C)(C)C. The zero-order chi connectivity index (χ0) is 12.9. The van der Waals surface area contributed by atoms with Crippen molar-refractivity contribution in [3.8, 4) is 0 Å². The number of urea groups is 1. The van der Waals surface area contributed by atoms with Gasteiger partial charge in [0.15, 0.2) is 0 Å². The lowest BCUT2D eigenvalue weighted by Gasteiger charge is -2.25. The molecule has 1 N–H and O–H groups in total. The molecule has 1 rings (SSSR count). The molecule has 3 heteroatoms. The zero-order valence-corrected chi connectivity index (χ0v) is 11.2. The maximum absolute atomic E-state index is 11.8. The Balaban J connectivity index is 2.40. The van der Waals surface area contributed by atoms with Crippen LogP contribution in [0, 0.1) is 0 Å². The maximum atomic E-state index is 11.8. The van der Waals surface area contributed by atoms with Crippen molar-refractivity contribution in [1.29, 1.82) is 0 Å². The van der Waals surface area contributed by atoms with Gasteiger partial charge in [0.1, 0.15) is 0 Å². The molecule has 0 spiro atoms. The van der Waals surface area contributed by atoms with Crippen LogP contribution in [-0.4, -0.2) is 30.1 Å². The first-order valence-electron chi connectivity index (χ1n) is 5.96. The highest BCUT2D eigenvalue weighted by Gasteiger charge is 2.16. The van der Waals surface area contributed by atoms with Gasteiger partial charge in [0, 0.05) is 19.1 Å².